The second-order valence-corrected chi connectivity index (χ2v) is 6.60. The topological polar surface area (TPSA) is 93.5 Å². The van der Waals surface area contributed by atoms with Crippen molar-refractivity contribution in [1.29, 1.82) is 0 Å². The highest BCUT2D eigenvalue weighted by Crippen LogP contribution is 2.30. The third kappa shape index (κ3) is 4.29. The van der Waals surface area contributed by atoms with Gasteiger partial charge in [-0.2, -0.15) is 5.10 Å². The number of carbonyl (C=O) groups is 2. The zero-order valence-electron chi connectivity index (χ0n) is 14.6. The van der Waals surface area contributed by atoms with Crippen molar-refractivity contribution in [3.63, 3.8) is 0 Å². The minimum atomic E-state index is -0.911. The lowest BCUT2D eigenvalue weighted by Gasteiger charge is -2.33. The molecule has 0 spiro atoms. The van der Waals surface area contributed by atoms with Gasteiger partial charge >= 0.3 is 5.97 Å². The number of carbonyl (C=O) groups excluding carboxylic acids is 1. The van der Waals surface area contributed by atoms with Crippen molar-refractivity contribution in [3.05, 3.63) is 48.3 Å². The molecule has 1 aliphatic rings. The predicted octanol–water partition coefficient (Wildman–Crippen LogP) is 1.80. The van der Waals surface area contributed by atoms with Crippen LogP contribution in [0.25, 0.3) is 5.69 Å². The third-order valence-electron chi connectivity index (χ3n) is 4.83. The van der Waals surface area contributed by atoms with Crippen LogP contribution >= 0.6 is 0 Å². The smallest absolute Gasteiger partial charge is 0.311 e. The zero-order valence-corrected chi connectivity index (χ0v) is 14.6. The number of hydrogen-bond acceptors (Lipinski definition) is 4. The van der Waals surface area contributed by atoms with E-state index in [1.165, 1.54) is 0 Å². The van der Waals surface area contributed by atoms with Gasteiger partial charge in [0, 0.05) is 32.4 Å². The van der Waals surface area contributed by atoms with E-state index in [2.05, 4.69) is 10.4 Å². The fraction of sp³-hybridized carbons (Fsp3) is 0.421. The number of ether oxygens (including phenoxy) is 1. The molecule has 2 N–H and O–H groups in total. The summed E-state index contributed by atoms with van der Waals surface area (Å²) in [7, 11) is 0. The Labute approximate surface area is 152 Å². The number of benzene rings is 1. The predicted molar refractivity (Wildman–Crippen MR) is 95.0 cm³/mol. The van der Waals surface area contributed by atoms with Crippen LogP contribution in [0.3, 0.4) is 0 Å². The molecular weight excluding hydrogens is 334 g/mol. The lowest BCUT2D eigenvalue weighted by molar-refractivity contribution is -0.154. The van der Waals surface area contributed by atoms with Crippen LogP contribution in [0.2, 0.25) is 0 Å². The molecule has 1 aromatic heterocycles. The Morgan fingerprint density at radius 1 is 1.23 bits per heavy atom. The summed E-state index contributed by atoms with van der Waals surface area (Å²) in [6, 6.07) is 9.75. The molecule has 1 aromatic carbocycles. The first-order valence-corrected chi connectivity index (χ1v) is 8.76. The molecule has 0 radical (unpaired) electrons. The number of carboxylic acid groups (broad SMARTS) is 1. The van der Waals surface area contributed by atoms with E-state index < -0.39 is 11.4 Å². The first-order chi connectivity index (χ1) is 12.6. The molecule has 1 amide bonds. The number of rotatable bonds is 7. The second kappa shape index (κ2) is 8.14. The van der Waals surface area contributed by atoms with E-state index in [0.29, 0.717) is 38.9 Å². The Balaban J connectivity index is 1.50. The summed E-state index contributed by atoms with van der Waals surface area (Å²) < 4.78 is 7.01. The quantitative estimate of drug-likeness (QED) is 0.788. The van der Waals surface area contributed by atoms with Crippen LogP contribution in [0, 0.1) is 5.41 Å². The normalized spacial score (nSPS) is 16.2. The van der Waals surface area contributed by atoms with E-state index in [4.69, 9.17) is 4.74 Å². The van der Waals surface area contributed by atoms with Crippen molar-refractivity contribution >= 4 is 11.9 Å². The molecule has 26 heavy (non-hydrogen) atoms. The number of amides is 1. The molecule has 138 valence electrons. The fourth-order valence-corrected chi connectivity index (χ4v) is 3.05. The van der Waals surface area contributed by atoms with Crippen LogP contribution in [0.15, 0.2) is 42.7 Å². The minimum absolute atomic E-state index is 0.147. The minimum Gasteiger partial charge on any atom is -0.481 e. The molecule has 3 rings (SSSR count). The number of carboxylic acids is 1. The molecule has 1 saturated heterocycles. The summed E-state index contributed by atoms with van der Waals surface area (Å²) in [5.74, 6) is -1.02. The number of nitrogens with zero attached hydrogens (tertiary/aromatic N) is 2. The van der Waals surface area contributed by atoms with Crippen molar-refractivity contribution in [1.82, 2.24) is 15.1 Å². The van der Waals surface area contributed by atoms with Crippen molar-refractivity contribution in [2.24, 2.45) is 5.41 Å². The summed E-state index contributed by atoms with van der Waals surface area (Å²) in [4.78, 5) is 23.7. The number of nitrogens with one attached hydrogen (secondary N) is 1. The van der Waals surface area contributed by atoms with E-state index in [0.717, 1.165) is 11.3 Å². The molecule has 0 unspecified atom stereocenters. The van der Waals surface area contributed by atoms with Crippen LogP contribution in [0.4, 0.5) is 0 Å². The zero-order chi connectivity index (χ0) is 18.4. The monoisotopic (exact) mass is 357 g/mol. The summed E-state index contributed by atoms with van der Waals surface area (Å²) in [5, 5.41) is 16.6. The Hall–Kier alpha value is -2.67. The second-order valence-electron chi connectivity index (χ2n) is 6.60. The van der Waals surface area contributed by atoms with Crippen molar-refractivity contribution in [2.75, 3.05) is 19.8 Å². The van der Waals surface area contributed by atoms with Gasteiger partial charge in [0.2, 0.25) is 5.91 Å². The molecule has 1 fully saturated rings. The van der Waals surface area contributed by atoms with E-state index in [9.17, 15) is 14.7 Å². The SMILES string of the molecule is O=C(CCc1cnn(-c2ccccc2)c1)NCC1(C(=O)O)CCOCC1. The van der Waals surface area contributed by atoms with Gasteiger partial charge in [-0.1, -0.05) is 18.2 Å². The van der Waals surface area contributed by atoms with Gasteiger partial charge in [0.05, 0.1) is 17.3 Å². The highest BCUT2D eigenvalue weighted by atomic mass is 16.5. The molecule has 7 heteroatoms. The van der Waals surface area contributed by atoms with Gasteiger partial charge in [-0.25, -0.2) is 4.68 Å². The first-order valence-electron chi connectivity index (χ1n) is 8.76. The van der Waals surface area contributed by atoms with E-state index in [-0.39, 0.29) is 12.5 Å². The van der Waals surface area contributed by atoms with Crippen LogP contribution in [-0.2, 0) is 20.7 Å². The van der Waals surface area contributed by atoms with E-state index in [1.807, 2.05) is 36.5 Å². The number of hydrogen-bond donors (Lipinski definition) is 2. The van der Waals surface area contributed by atoms with Gasteiger partial charge in [-0.3, -0.25) is 9.59 Å². The third-order valence-corrected chi connectivity index (χ3v) is 4.83. The largest absolute Gasteiger partial charge is 0.481 e. The highest BCUT2D eigenvalue weighted by molar-refractivity contribution is 5.79. The van der Waals surface area contributed by atoms with Crippen molar-refractivity contribution < 1.29 is 19.4 Å². The fourth-order valence-electron chi connectivity index (χ4n) is 3.05. The molecule has 2 aromatic rings. The van der Waals surface area contributed by atoms with E-state index >= 15 is 0 Å². The number of aryl methyl sites for hydroxylation is 1. The molecule has 0 saturated carbocycles. The summed E-state index contributed by atoms with van der Waals surface area (Å²) in [6.07, 6.45) is 5.35. The maximum atomic E-state index is 12.1. The van der Waals surface area contributed by atoms with Crippen LogP contribution < -0.4 is 5.32 Å². The number of aliphatic carboxylic acids is 1. The Morgan fingerprint density at radius 2 is 1.96 bits per heavy atom. The molecule has 0 bridgehead atoms. The molecule has 2 heterocycles. The molecule has 7 nitrogen and oxygen atoms in total. The average Bonchev–Trinajstić information content (AvgIpc) is 3.15. The van der Waals surface area contributed by atoms with Gasteiger partial charge in [0.15, 0.2) is 0 Å². The van der Waals surface area contributed by atoms with Crippen LogP contribution in [-0.4, -0.2) is 46.5 Å². The van der Waals surface area contributed by atoms with Crippen molar-refractivity contribution in [2.45, 2.75) is 25.7 Å². The molecule has 1 aliphatic heterocycles. The van der Waals surface area contributed by atoms with Gasteiger partial charge in [-0.05, 0) is 37.0 Å². The standard InChI is InChI=1S/C19H23N3O4/c23-17(20-14-19(18(24)25)8-10-26-11-9-19)7-6-15-12-21-22(13-15)16-4-2-1-3-5-16/h1-5,12-13H,6-11,14H2,(H,20,23)(H,24,25). The molecule has 0 atom stereocenters. The Bertz CT molecular complexity index is 751. The lowest BCUT2D eigenvalue weighted by Crippen LogP contribution is -2.46. The van der Waals surface area contributed by atoms with Crippen molar-refractivity contribution in [3.8, 4) is 5.69 Å². The van der Waals surface area contributed by atoms with Gasteiger partial charge in [0.25, 0.3) is 0 Å². The molecule has 0 aliphatic carbocycles. The number of aromatic nitrogens is 2. The first kappa shape index (κ1) is 18.1. The average molecular weight is 357 g/mol. The maximum Gasteiger partial charge on any atom is 0.311 e. The van der Waals surface area contributed by atoms with Crippen LogP contribution in [0.1, 0.15) is 24.8 Å². The molecular formula is C19H23N3O4. The summed E-state index contributed by atoms with van der Waals surface area (Å²) >= 11 is 0. The lowest BCUT2D eigenvalue weighted by atomic mass is 9.80. The maximum absolute atomic E-state index is 12.1. The van der Waals surface area contributed by atoms with E-state index in [1.54, 1.807) is 10.9 Å². The van der Waals surface area contributed by atoms with Gasteiger partial charge in [-0.15, -0.1) is 0 Å². The Kier molecular flexibility index (Phi) is 5.68. The Morgan fingerprint density at radius 3 is 2.65 bits per heavy atom. The van der Waals surface area contributed by atoms with Gasteiger partial charge in [0.1, 0.15) is 0 Å². The summed E-state index contributed by atoms with van der Waals surface area (Å²) in [6.45, 7) is 0.982. The van der Waals surface area contributed by atoms with Crippen LogP contribution in [0.5, 0.6) is 0 Å². The highest BCUT2D eigenvalue weighted by Gasteiger charge is 2.40. The number of para-hydroxylation sites is 1. The summed E-state index contributed by atoms with van der Waals surface area (Å²) in [5.41, 5.74) is 1.01. The van der Waals surface area contributed by atoms with Gasteiger partial charge < -0.3 is 15.2 Å².